The van der Waals surface area contributed by atoms with Crippen molar-refractivity contribution in [1.82, 2.24) is 0 Å². The molecule has 0 amide bonds. The van der Waals surface area contributed by atoms with E-state index >= 15 is 0 Å². The third kappa shape index (κ3) is 2.66. The lowest BCUT2D eigenvalue weighted by Gasteiger charge is -2.45. The van der Waals surface area contributed by atoms with Gasteiger partial charge in [-0.15, -0.1) is 0 Å². The molecule has 0 saturated carbocycles. The minimum atomic E-state index is -0.995. The molecule has 1 saturated heterocycles. The highest BCUT2D eigenvalue weighted by Crippen LogP contribution is 2.48. The fraction of sp³-hybridized carbons (Fsp3) is 0.375. The molecule has 1 aliphatic carbocycles. The van der Waals surface area contributed by atoms with Gasteiger partial charge in [0.1, 0.15) is 35.7 Å². The molecule has 1 aromatic rings. The molecule has 0 aromatic heterocycles. The van der Waals surface area contributed by atoms with Gasteiger partial charge < -0.3 is 15.2 Å². The van der Waals surface area contributed by atoms with Crippen molar-refractivity contribution >= 4 is 23.2 Å². The van der Waals surface area contributed by atoms with E-state index in [-0.39, 0.29) is 28.3 Å². The molecule has 2 N–H and O–H groups in total. The summed E-state index contributed by atoms with van der Waals surface area (Å²) >= 11 is 12.1. The number of benzene rings is 1. The molecular formula is C16H15Cl2F2NO2. The van der Waals surface area contributed by atoms with E-state index in [1.807, 2.05) is 0 Å². The number of nitrogens with two attached hydrogens (primary N) is 1. The third-order valence-electron chi connectivity index (χ3n) is 4.19. The zero-order valence-electron chi connectivity index (χ0n) is 12.3. The summed E-state index contributed by atoms with van der Waals surface area (Å²) in [5.41, 5.74) is 4.80. The molecule has 0 radical (unpaired) electrons. The molecule has 0 bridgehead atoms. The van der Waals surface area contributed by atoms with E-state index < -0.39 is 23.2 Å². The van der Waals surface area contributed by atoms with E-state index in [1.165, 1.54) is 0 Å². The van der Waals surface area contributed by atoms with E-state index in [0.29, 0.717) is 18.4 Å². The lowest BCUT2D eigenvalue weighted by molar-refractivity contribution is -0.154. The van der Waals surface area contributed by atoms with E-state index in [1.54, 1.807) is 25.2 Å². The summed E-state index contributed by atoms with van der Waals surface area (Å²) < 4.78 is 39.6. The zero-order chi connectivity index (χ0) is 16.8. The quantitative estimate of drug-likeness (QED) is 0.811. The van der Waals surface area contributed by atoms with Crippen molar-refractivity contribution in [2.45, 2.75) is 24.5 Å². The fourth-order valence-corrected chi connectivity index (χ4v) is 3.58. The minimum Gasteiger partial charge on any atom is -0.492 e. The van der Waals surface area contributed by atoms with Crippen LogP contribution >= 0.6 is 23.2 Å². The number of fused-ring (bicyclic) bond motifs is 1. The first-order valence-electron chi connectivity index (χ1n) is 7.11. The maximum atomic E-state index is 13.9. The topological polar surface area (TPSA) is 44.5 Å². The van der Waals surface area contributed by atoms with Crippen LogP contribution in [0.4, 0.5) is 8.78 Å². The van der Waals surface area contributed by atoms with Gasteiger partial charge in [-0.05, 0) is 13.0 Å². The first-order chi connectivity index (χ1) is 10.9. The first-order valence-corrected chi connectivity index (χ1v) is 7.86. The van der Waals surface area contributed by atoms with E-state index in [0.717, 1.165) is 0 Å². The van der Waals surface area contributed by atoms with Gasteiger partial charge in [0.2, 0.25) is 0 Å². The Morgan fingerprint density at radius 3 is 2.57 bits per heavy atom. The molecule has 3 rings (SSSR count). The first kappa shape index (κ1) is 16.7. The predicted octanol–water partition coefficient (Wildman–Crippen LogP) is 3.94. The summed E-state index contributed by atoms with van der Waals surface area (Å²) in [6.45, 7) is 2.35. The summed E-state index contributed by atoms with van der Waals surface area (Å²) in [7, 11) is 0. The number of hydrogen-bond donors (Lipinski definition) is 1. The smallest absolute Gasteiger partial charge is 0.145 e. The summed E-state index contributed by atoms with van der Waals surface area (Å²) in [6, 6.07) is 0.667. The second kappa shape index (κ2) is 6.06. The van der Waals surface area contributed by atoms with Crippen LogP contribution in [0.1, 0.15) is 18.4 Å². The molecule has 1 aromatic carbocycles. The maximum Gasteiger partial charge on any atom is 0.145 e. The van der Waals surface area contributed by atoms with Gasteiger partial charge in [0.15, 0.2) is 0 Å². The molecule has 1 heterocycles. The molecule has 1 fully saturated rings. The van der Waals surface area contributed by atoms with Crippen molar-refractivity contribution in [1.29, 1.82) is 0 Å². The van der Waals surface area contributed by atoms with Crippen LogP contribution in [-0.2, 0) is 9.47 Å². The van der Waals surface area contributed by atoms with Crippen molar-refractivity contribution in [2.75, 3.05) is 13.2 Å². The molecule has 7 heteroatoms. The monoisotopic (exact) mass is 361 g/mol. The maximum absolute atomic E-state index is 13.9. The largest absolute Gasteiger partial charge is 0.492 e. The van der Waals surface area contributed by atoms with Gasteiger partial charge in [-0.2, -0.15) is 0 Å². The van der Waals surface area contributed by atoms with Crippen molar-refractivity contribution < 1.29 is 18.3 Å². The zero-order valence-corrected chi connectivity index (χ0v) is 13.8. The van der Waals surface area contributed by atoms with Crippen molar-refractivity contribution in [2.24, 2.45) is 5.73 Å². The fourth-order valence-electron chi connectivity index (χ4n) is 2.99. The Bertz CT molecular complexity index is 682. The lowest BCUT2D eigenvalue weighted by Crippen LogP contribution is -2.50. The Hall–Kier alpha value is -1.14. The summed E-state index contributed by atoms with van der Waals surface area (Å²) in [5, 5.41) is -0.459. The van der Waals surface area contributed by atoms with Crippen LogP contribution in [0, 0.1) is 11.6 Å². The molecule has 124 valence electrons. The lowest BCUT2D eigenvalue weighted by atomic mass is 9.78. The van der Waals surface area contributed by atoms with Crippen LogP contribution in [-0.4, -0.2) is 24.9 Å². The van der Waals surface area contributed by atoms with Crippen LogP contribution in [0.3, 0.4) is 0 Å². The molecule has 3 nitrogen and oxygen atoms in total. The molecule has 1 aliphatic heterocycles. The van der Waals surface area contributed by atoms with Crippen molar-refractivity contribution in [3.63, 3.8) is 0 Å². The van der Waals surface area contributed by atoms with Crippen molar-refractivity contribution in [3.8, 4) is 0 Å². The molecule has 2 aliphatic rings. The number of rotatable bonds is 2. The standard InChI is InChI=1S/C16H15Cl2F2NO2/c1-16-9(13-14(17)10(19)5-11(20)15(13)18)3-2-4-12(16)22-7-8(6-21)23-16/h2-5,8-9H,6-7,21H2,1H3/t8-,9?,16?/m0/s1. The Balaban J connectivity index is 2.13. The Labute approximate surface area is 142 Å². The molecule has 23 heavy (non-hydrogen) atoms. The van der Waals surface area contributed by atoms with Gasteiger partial charge in [0, 0.05) is 24.1 Å². The molecule has 2 unspecified atom stereocenters. The average Bonchev–Trinajstić information content (AvgIpc) is 2.53. The van der Waals surface area contributed by atoms with Gasteiger partial charge in [-0.3, -0.25) is 0 Å². The van der Waals surface area contributed by atoms with Gasteiger partial charge in [-0.1, -0.05) is 35.4 Å². The van der Waals surface area contributed by atoms with Gasteiger partial charge >= 0.3 is 0 Å². The molecule has 3 atom stereocenters. The second-order valence-corrected chi connectivity index (χ2v) is 6.42. The SMILES string of the molecule is CC12O[C@@H](CN)COC1=CC=CC2c1c(Cl)c(F)cc(F)c1Cl. The molecule has 0 spiro atoms. The normalized spacial score (nSPS) is 29.7. The van der Waals surface area contributed by atoms with Crippen LogP contribution in [0.15, 0.2) is 30.1 Å². The third-order valence-corrected chi connectivity index (χ3v) is 4.96. The number of ether oxygens (including phenoxy) is 2. The van der Waals surface area contributed by atoms with E-state index in [2.05, 4.69) is 0 Å². The number of allylic oxidation sites excluding steroid dienone is 2. The highest BCUT2D eigenvalue weighted by atomic mass is 35.5. The van der Waals surface area contributed by atoms with Gasteiger partial charge in [0.05, 0.1) is 10.0 Å². The Morgan fingerprint density at radius 1 is 1.30 bits per heavy atom. The Kier molecular flexibility index (Phi) is 4.40. The molecular weight excluding hydrogens is 347 g/mol. The predicted molar refractivity (Wildman–Crippen MR) is 84.6 cm³/mol. The van der Waals surface area contributed by atoms with Crippen LogP contribution in [0.25, 0.3) is 0 Å². The van der Waals surface area contributed by atoms with Gasteiger partial charge in [0.25, 0.3) is 0 Å². The average molecular weight is 362 g/mol. The van der Waals surface area contributed by atoms with E-state index in [4.69, 9.17) is 38.4 Å². The highest BCUT2D eigenvalue weighted by molar-refractivity contribution is 6.36. The second-order valence-electron chi connectivity index (χ2n) is 5.67. The summed E-state index contributed by atoms with van der Waals surface area (Å²) in [6.07, 6.45) is 4.88. The van der Waals surface area contributed by atoms with Gasteiger partial charge in [-0.25, -0.2) is 8.78 Å². The van der Waals surface area contributed by atoms with Crippen LogP contribution in [0.2, 0.25) is 10.0 Å². The van der Waals surface area contributed by atoms with E-state index in [9.17, 15) is 8.78 Å². The summed E-state index contributed by atoms with van der Waals surface area (Å²) in [4.78, 5) is 0. The highest BCUT2D eigenvalue weighted by Gasteiger charge is 2.47. The van der Waals surface area contributed by atoms with Crippen molar-refractivity contribution in [3.05, 3.63) is 57.3 Å². The van der Waals surface area contributed by atoms with Crippen LogP contribution in [0.5, 0.6) is 0 Å². The number of hydrogen-bond acceptors (Lipinski definition) is 3. The number of halogens is 4. The Morgan fingerprint density at radius 2 is 1.96 bits per heavy atom. The van der Waals surface area contributed by atoms with Crippen LogP contribution < -0.4 is 5.73 Å². The minimum absolute atomic E-state index is 0.136. The summed E-state index contributed by atoms with van der Waals surface area (Å²) in [5.74, 6) is -1.80.